The molecular weight excluding hydrogens is 249 g/mol. The van der Waals surface area contributed by atoms with Crippen LogP contribution in [0.3, 0.4) is 0 Å². The van der Waals surface area contributed by atoms with Crippen molar-refractivity contribution >= 4 is 11.7 Å². The highest BCUT2D eigenvalue weighted by Gasteiger charge is 2.25. The Hall–Kier alpha value is -1.62. The van der Waals surface area contributed by atoms with Gasteiger partial charge in [0.1, 0.15) is 11.9 Å². The summed E-state index contributed by atoms with van der Waals surface area (Å²) >= 11 is 0. The monoisotopic (exact) mass is 267 g/mol. The van der Waals surface area contributed by atoms with Gasteiger partial charge >= 0.3 is 5.97 Å². The number of methoxy groups -OCH3 is 1. The van der Waals surface area contributed by atoms with Gasteiger partial charge in [-0.1, -0.05) is 0 Å². The Morgan fingerprint density at radius 1 is 1.32 bits per heavy atom. The molecule has 104 valence electrons. The van der Waals surface area contributed by atoms with E-state index in [1.54, 1.807) is 7.11 Å². The van der Waals surface area contributed by atoms with Crippen LogP contribution in [0.15, 0.2) is 18.2 Å². The molecule has 0 amide bonds. The average molecular weight is 267 g/mol. The first-order chi connectivity index (χ1) is 9.08. The number of ether oxygens (including phenoxy) is 2. The first kappa shape index (κ1) is 13.8. The van der Waals surface area contributed by atoms with Crippen LogP contribution in [0, 0.1) is 5.82 Å². The van der Waals surface area contributed by atoms with Crippen LogP contribution in [-0.2, 0) is 9.47 Å². The summed E-state index contributed by atoms with van der Waals surface area (Å²) in [6.07, 6.45) is 3.41. The molecule has 1 aliphatic rings. The number of hydrogen-bond donors (Lipinski definition) is 1. The molecule has 2 atom stereocenters. The second-order valence-electron chi connectivity index (χ2n) is 4.82. The lowest BCUT2D eigenvalue weighted by molar-refractivity contribution is -0.0149. The zero-order valence-corrected chi connectivity index (χ0v) is 10.9. The van der Waals surface area contributed by atoms with Crippen molar-refractivity contribution < 1.29 is 18.7 Å². The van der Waals surface area contributed by atoms with Crippen molar-refractivity contribution in [3.05, 3.63) is 29.6 Å². The number of nitrogen functional groups attached to an aromatic ring is 1. The number of anilines is 1. The number of benzene rings is 1. The smallest absolute Gasteiger partial charge is 0.338 e. The fraction of sp³-hybridized carbons (Fsp3) is 0.500. The second-order valence-corrected chi connectivity index (χ2v) is 4.82. The van der Waals surface area contributed by atoms with E-state index in [2.05, 4.69) is 0 Å². The van der Waals surface area contributed by atoms with E-state index in [0.717, 1.165) is 25.3 Å². The highest BCUT2D eigenvalue weighted by Crippen LogP contribution is 2.24. The third-order valence-electron chi connectivity index (χ3n) is 3.34. The minimum atomic E-state index is -0.537. The molecule has 0 heterocycles. The molecule has 1 aromatic carbocycles. The number of hydrogen-bond acceptors (Lipinski definition) is 4. The van der Waals surface area contributed by atoms with Gasteiger partial charge in [0.25, 0.3) is 0 Å². The SMILES string of the molecule is COC1CCCC(OC(=O)c2cc(N)cc(F)c2)C1. The van der Waals surface area contributed by atoms with Gasteiger partial charge in [-0.3, -0.25) is 0 Å². The highest BCUT2D eigenvalue weighted by molar-refractivity contribution is 5.90. The van der Waals surface area contributed by atoms with E-state index in [1.807, 2.05) is 0 Å². The fourth-order valence-electron chi connectivity index (χ4n) is 2.37. The maximum absolute atomic E-state index is 13.2. The van der Waals surface area contributed by atoms with Gasteiger partial charge in [0.15, 0.2) is 0 Å². The lowest BCUT2D eigenvalue weighted by Crippen LogP contribution is -2.29. The summed E-state index contributed by atoms with van der Waals surface area (Å²) in [5.41, 5.74) is 5.87. The topological polar surface area (TPSA) is 61.5 Å². The maximum atomic E-state index is 13.2. The number of carbonyl (C=O) groups excluding carboxylic acids is 1. The molecule has 0 aliphatic heterocycles. The predicted octanol–water partition coefficient (Wildman–Crippen LogP) is 2.52. The predicted molar refractivity (Wildman–Crippen MR) is 69.3 cm³/mol. The van der Waals surface area contributed by atoms with Gasteiger partial charge in [-0.25, -0.2) is 9.18 Å². The van der Waals surface area contributed by atoms with Gasteiger partial charge in [0.05, 0.1) is 11.7 Å². The Morgan fingerprint density at radius 3 is 2.74 bits per heavy atom. The third-order valence-corrected chi connectivity index (χ3v) is 3.34. The molecule has 2 N–H and O–H groups in total. The Morgan fingerprint density at radius 2 is 2.05 bits per heavy atom. The minimum absolute atomic E-state index is 0.129. The molecule has 1 aromatic rings. The summed E-state index contributed by atoms with van der Waals surface area (Å²) in [4.78, 5) is 11.9. The molecule has 5 heteroatoms. The van der Waals surface area contributed by atoms with Gasteiger partial charge in [0.2, 0.25) is 0 Å². The largest absolute Gasteiger partial charge is 0.459 e. The standard InChI is InChI=1S/C14H18FNO3/c1-18-12-3-2-4-13(8-12)19-14(17)9-5-10(15)7-11(16)6-9/h5-7,12-13H,2-4,8,16H2,1H3. The highest BCUT2D eigenvalue weighted by atomic mass is 19.1. The maximum Gasteiger partial charge on any atom is 0.338 e. The van der Waals surface area contributed by atoms with Crippen LogP contribution < -0.4 is 5.73 Å². The zero-order chi connectivity index (χ0) is 13.8. The third kappa shape index (κ3) is 3.67. The number of rotatable bonds is 3. The van der Waals surface area contributed by atoms with Crippen molar-refractivity contribution in [3.63, 3.8) is 0 Å². The summed E-state index contributed by atoms with van der Waals surface area (Å²) in [6, 6.07) is 3.72. The molecule has 4 nitrogen and oxygen atoms in total. The molecule has 0 saturated heterocycles. The molecule has 1 aliphatic carbocycles. The van der Waals surface area contributed by atoms with Crippen LogP contribution in [0.5, 0.6) is 0 Å². The van der Waals surface area contributed by atoms with E-state index in [4.69, 9.17) is 15.2 Å². The van der Waals surface area contributed by atoms with E-state index in [9.17, 15) is 9.18 Å². The summed E-state index contributed by atoms with van der Waals surface area (Å²) in [5.74, 6) is -1.07. The molecule has 2 rings (SSSR count). The van der Waals surface area contributed by atoms with Crippen LogP contribution in [-0.4, -0.2) is 25.3 Å². The Bertz CT molecular complexity index is 444. The quantitative estimate of drug-likeness (QED) is 0.675. The lowest BCUT2D eigenvalue weighted by Gasteiger charge is -2.27. The molecule has 0 bridgehead atoms. The zero-order valence-electron chi connectivity index (χ0n) is 10.9. The fourth-order valence-corrected chi connectivity index (χ4v) is 2.37. The van der Waals surface area contributed by atoms with Crippen LogP contribution in [0.25, 0.3) is 0 Å². The van der Waals surface area contributed by atoms with Crippen molar-refractivity contribution in [1.82, 2.24) is 0 Å². The number of esters is 1. The van der Waals surface area contributed by atoms with Crippen molar-refractivity contribution in [3.8, 4) is 0 Å². The first-order valence-corrected chi connectivity index (χ1v) is 6.38. The normalized spacial score (nSPS) is 23.1. The average Bonchev–Trinajstić information content (AvgIpc) is 2.37. The van der Waals surface area contributed by atoms with E-state index in [0.29, 0.717) is 6.42 Å². The molecule has 1 fully saturated rings. The van der Waals surface area contributed by atoms with Gasteiger partial charge in [0, 0.05) is 19.2 Å². The van der Waals surface area contributed by atoms with E-state index < -0.39 is 11.8 Å². The van der Waals surface area contributed by atoms with Crippen molar-refractivity contribution in [2.24, 2.45) is 0 Å². The van der Waals surface area contributed by atoms with E-state index >= 15 is 0 Å². The van der Waals surface area contributed by atoms with Crippen molar-refractivity contribution in [2.45, 2.75) is 37.9 Å². The van der Waals surface area contributed by atoms with E-state index in [1.165, 1.54) is 12.1 Å². The summed E-state index contributed by atoms with van der Waals surface area (Å²) in [5, 5.41) is 0. The van der Waals surface area contributed by atoms with Crippen LogP contribution in [0.1, 0.15) is 36.0 Å². The minimum Gasteiger partial charge on any atom is -0.459 e. The Labute approximate surface area is 111 Å². The van der Waals surface area contributed by atoms with Crippen LogP contribution in [0.2, 0.25) is 0 Å². The number of halogens is 1. The number of carbonyl (C=O) groups is 1. The summed E-state index contributed by atoms with van der Waals surface area (Å²) in [6.45, 7) is 0. The Balaban J connectivity index is 2.00. The second kappa shape index (κ2) is 6.02. The van der Waals surface area contributed by atoms with Crippen molar-refractivity contribution in [2.75, 3.05) is 12.8 Å². The number of nitrogens with two attached hydrogens (primary N) is 1. The van der Waals surface area contributed by atoms with Gasteiger partial charge in [-0.15, -0.1) is 0 Å². The van der Waals surface area contributed by atoms with Gasteiger partial charge in [-0.05, 0) is 37.5 Å². The summed E-state index contributed by atoms with van der Waals surface area (Å²) in [7, 11) is 1.65. The molecule has 19 heavy (non-hydrogen) atoms. The van der Waals surface area contributed by atoms with Gasteiger partial charge in [-0.2, -0.15) is 0 Å². The first-order valence-electron chi connectivity index (χ1n) is 6.38. The van der Waals surface area contributed by atoms with Gasteiger partial charge < -0.3 is 15.2 Å². The molecule has 1 saturated carbocycles. The van der Waals surface area contributed by atoms with Crippen LogP contribution >= 0.6 is 0 Å². The molecule has 0 aromatic heterocycles. The lowest BCUT2D eigenvalue weighted by atomic mass is 9.95. The molecular formula is C14H18FNO3. The molecule has 2 unspecified atom stereocenters. The van der Waals surface area contributed by atoms with Crippen molar-refractivity contribution in [1.29, 1.82) is 0 Å². The Kier molecular flexibility index (Phi) is 4.37. The van der Waals surface area contributed by atoms with Crippen LogP contribution in [0.4, 0.5) is 10.1 Å². The molecule has 0 spiro atoms. The summed E-state index contributed by atoms with van der Waals surface area (Å²) < 4.78 is 23.8. The molecule has 0 radical (unpaired) electrons. The van der Waals surface area contributed by atoms with E-state index in [-0.39, 0.29) is 23.5 Å².